The van der Waals surface area contributed by atoms with Gasteiger partial charge in [-0.1, -0.05) is 24.3 Å². The topological polar surface area (TPSA) is 84.5 Å². The van der Waals surface area contributed by atoms with E-state index in [-0.39, 0.29) is 22.9 Å². The summed E-state index contributed by atoms with van der Waals surface area (Å²) < 4.78 is 46.3. The average Bonchev–Trinajstić information content (AvgIpc) is 3.62. The highest BCUT2D eigenvalue weighted by molar-refractivity contribution is 7.89. The van der Waals surface area contributed by atoms with Crippen molar-refractivity contribution in [3.63, 3.8) is 0 Å². The Morgan fingerprint density at radius 2 is 1.75 bits per heavy atom. The van der Waals surface area contributed by atoms with Crippen molar-refractivity contribution in [2.75, 3.05) is 11.9 Å². The fourth-order valence-electron chi connectivity index (χ4n) is 3.05. The molecule has 1 amide bonds. The molecule has 2 N–H and O–H groups in total. The minimum absolute atomic E-state index is 0.0576. The lowest BCUT2D eigenvalue weighted by atomic mass is 10.2. The summed E-state index contributed by atoms with van der Waals surface area (Å²) in [6, 6.07) is 18.8. The van der Waals surface area contributed by atoms with Gasteiger partial charge >= 0.3 is 0 Å². The van der Waals surface area contributed by atoms with Gasteiger partial charge in [-0.15, -0.1) is 0 Å². The predicted molar refractivity (Wildman–Crippen MR) is 119 cm³/mol. The van der Waals surface area contributed by atoms with Crippen LogP contribution in [0.15, 0.2) is 77.7 Å². The van der Waals surface area contributed by atoms with Crippen molar-refractivity contribution in [2.24, 2.45) is 5.92 Å². The minimum Gasteiger partial charge on any atom is -0.489 e. The van der Waals surface area contributed by atoms with Gasteiger partial charge in [-0.05, 0) is 66.8 Å². The molecule has 4 rings (SSSR count). The van der Waals surface area contributed by atoms with Gasteiger partial charge in [0.15, 0.2) is 0 Å². The second kappa shape index (κ2) is 9.50. The van der Waals surface area contributed by atoms with Crippen molar-refractivity contribution in [2.45, 2.75) is 24.3 Å². The largest absolute Gasteiger partial charge is 0.489 e. The summed E-state index contributed by atoms with van der Waals surface area (Å²) in [5, 5.41) is 2.76. The number of benzene rings is 3. The van der Waals surface area contributed by atoms with Crippen molar-refractivity contribution in [1.29, 1.82) is 0 Å². The molecule has 32 heavy (non-hydrogen) atoms. The molecule has 0 unspecified atom stereocenters. The summed E-state index contributed by atoms with van der Waals surface area (Å²) >= 11 is 0. The molecule has 3 aromatic rings. The van der Waals surface area contributed by atoms with Gasteiger partial charge in [0.2, 0.25) is 10.0 Å². The Morgan fingerprint density at radius 1 is 1.00 bits per heavy atom. The lowest BCUT2D eigenvalue weighted by Crippen LogP contribution is -2.26. The third-order valence-electron chi connectivity index (χ3n) is 5.08. The van der Waals surface area contributed by atoms with Gasteiger partial charge in [-0.3, -0.25) is 4.79 Å². The number of carbonyl (C=O) groups excluding carboxylic acids is 1. The maximum atomic E-state index is 13.0. The Labute approximate surface area is 186 Å². The van der Waals surface area contributed by atoms with Crippen molar-refractivity contribution in [3.8, 4) is 5.75 Å². The molecule has 3 aromatic carbocycles. The van der Waals surface area contributed by atoms with Crippen LogP contribution in [0.3, 0.4) is 0 Å². The summed E-state index contributed by atoms with van der Waals surface area (Å²) in [6.45, 7) is 0.676. The van der Waals surface area contributed by atoms with Crippen LogP contribution in [-0.2, 0) is 16.6 Å². The zero-order chi connectivity index (χ0) is 22.6. The van der Waals surface area contributed by atoms with E-state index in [1.54, 1.807) is 48.5 Å². The van der Waals surface area contributed by atoms with Crippen LogP contribution < -0.4 is 14.8 Å². The van der Waals surface area contributed by atoms with Gasteiger partial charge in [0, 0.05) is 23.9 Å². The van der Waals surface area contributed by atoms with Crippen LogP contribution in [0.2, 0.25) is 0 Å². The van der Waals surface area contributed by atoms with Gasteiger partial charge in [0.25, 0.3) is 5.91 Å². The number of hydrogen-bond donors (Lipinski definition) is 2. The lowest BCUT2D eigenvalue weighted by molar-refractivity contribution is 0.102. The first-order valence-corrected chi connectivity index (χ1v) is 11.8. The molecule has 1 aliphatic rings. The first-order chi connectivity index (χ1) is 15.4. The number of anilines is 1. The number of sulfonamides is 1. The monoisotopic (exact) mass is 454 g/mol. The molecule has 0 heterocycles. The predicted octanol–water partition coefficient (Wildman–Crippen LogP) is 4.35. The molecule has 1 saturated carbocycles. The quantitative estimate of drug-likeness (QED) is 0.504. The number of rotatable bonds is 9. The summed E-state index contributed by atoms with van der Waals surface area (Å²) in [7, 11) is -3.66. The van der Waals surface area contributed by atoms with Crippen LogP contribution in [0, 0.1) is 11.7 Å². The van der Waals surface area contributed by atoms with Crippen molar-refractivity contribution in [3.05, 3.63) is 89.7 Å². The second-order valence-electron chi connectivity index (χ2n) is 7.72. The van der Waals surface area contributed by atoms with E-state index in [0.717, 1.165) is 18.4 Å². The summed E-state index contributed by atoms with van der Waals surface area (Å²) in [4.78, 5) is 12.7. The first kappa shape index (κ1) is 22.0. The molecule has 0 spiro atoms. The molecule has 0 saturated heterocycles. The normalized spacial score (nSPS) is 13.5. The average molecular weight is 455 g/mol. The number of hydrogen-bond acceptors (Lipinski definition) is 4. The molecule has 1 aliphatic carbocycles. The molecule has 0 radical (unpaired) electrons. The third kappa shape index (κ3) is 5.93. The van der Waals surface area contributed by atoms with E-state index in [4.69, 9.17) is 4.74 Å². The van der Waals surface area contributed by atoms with Crippen molar-refractivity contribution in [1.82, 2.24) is 4.72 Å². The van der Waals surface area contributed by atoms with E-state index in [2.05, 4.69) is 10.0 Å². The highest BCUT2D eigenvalue weighted by Gasteiger charge is 2.24. The summed E-state index contributed by atoms with van der Waals surface area (Å²) in [6.07, 6.45) is 2.08. The Kier molecular flexibility index (Phi) is 6.53. The van der Waals surface area contributed by atoms with Gasteiger partial charge in [-0.25, -0.2) is 17.5 Å². The molecule has 6 nitrogen and oxygen atoms in total. The Bertz CT molecular complexity index is 1210. The van der Waals surface area contributed by atoms with Crippen LogP contribution in [0.4, 0.5) is 10.1 Å². The van der Waals surface area contributed by atoms with Crippen molar-refractivity contribution < 1.29 is 22.3 Å². The standard InChI is InChI=1S/C24H23FN2O4S/c25-20-11-9-18(10-12-20)16-31-22-5-2-4-21(14-22)27-24(28)19-3-1-6-23(13-19)32(29,30)26-15-17-7-8-17/h1-6,9-14,17,26H,7-8,15-16H2,(H,27,28). The Balaban J connectivity index is 1.40. The van der Waals surface area contributed by atoms with Crippen molar-refractivity contribution >= 4 is 21.6 Å². The van der Waals surface area contributed by atoms with Gasteiger partial charge < -0.3 is 10.1 Å². The van der Waals surface area contributed by atoms with Crippen LogP contribution in [0.25, 0.3) is 0 Å². The van der Waals surface area contributed by atoms with E-state index in [1.165, 1.54) is 24.3 Å². The molecule has 1 fully saturated rings. The van der Waals surface area contributed by atoms with Gasteiger partial charge in [0.1, 0.15) is 18.2 Å². The number of amides is 1. The second-order valence-corrected chi connectivity index (χ2v) is 9.49. The smallest absolute Gasteiger partial charge is 0.255 e. The number of carbonyl (C=O) groups is 1. The molecule has 0 aromatic heterocycles. The third-order valence-corrected chi connectivity index (χ3v) is 6.50. The molecule has 0 aliphatic heterocycles. The van der Waals surface area contributed by atoms with E-state index in [1.807, 2.05) is 0 Å². The minimum atomic E-state index is -3.66. The van der Waals surface area contributed by atoms with E-state index >= 15 is 0 Å². The zero-order valence-corrected chi connectivity index (χ0v) is 18.1. The highest BCUT2D eigenvalue weighted by atomic mass is 32.2. The molecule has 0 atom stereocenters. The summed E-state index contributed by atoms with van der Waals surface area (Å²) in [5.41, 5.74) is 1.55. The molecule has 166 valence electrons. The maximum Gasteiger partial charge on any atom is 0.255 e. The number of ether oxygens (including phenoxy) is 1. The van der Waals surface area contributed by atoms with Crippen LogP contribution >= 0.6 is 0 Å². The van der Waals surface area contributed by atoms with E-state index in [0.29, 0.717) is 23.9 Å². The molecular formula is C24H23FN2O4S. The van der Waals surface area contributed by atoms with E-state index < -0.39 is 15.9 Å². The van der Waals surface area contributed by atoms with Crippen LogP contribution in [0.1, 0.15) is 28.8 Å². The number of nitrogens with one attached hydrogen (secondary N) is 2. The fourth-order valence-corrected chi connectivity index (χ4v) is 4.21. The summed E-state index contributed by atoms with van der Waals surface area (Å²) in [5.74, 6) is 0.204. The van der Waals surface area contributed by atoms with Gasteiger partial charge in [0.05, 0.1) is 4.90 Å². The molecule has 0 bridgehead atoms. The number of halogens is 1. The van der Waals surface area contributed by atoms with Crippen LogP contribution in [0.5, 0.6) is 5.75 Å². The van der Waals surface area contributed by atoms with Crippen LogP contribution in [-0.4, -0.2) is 20.9 Å². The SMILES string of the molecule is O=C(Nc1cccc(OCc2ccc(F)cc2)c1)c1cccc(S(=O)(=O)NCC2CC2)c1. The molecular weight excluding hydrogens is 431 g/mol. The highest BCUT2D eigenvalue weighted by Crippen LogP contribution is 2.28. The van der Waals surface area contributed by atoms with E-state index in [9.17, 15) is 17.6 Å². The zero-order valence-electron chi connectivity index (χ0n) is 17.3. The molecule has 8 heteroatoms. The fraction of sp³-hybridized carbons (Fsp3) is 0.208. The lowest BCUT2D eigenvalue weighted by Gasteiger charge is -2.11. The first-order valence-electron chi connectivity index (χ1n) is 10.3. The maximum absolute atomic E-state index is 13.0. The Morgan fingerprint density at radius 3 is 2.50 bits per heavy atom. The van der Waals surface area contributed by atoms with Gasteiger partial charge in [-0.2, -0.15) is 0 Å². The Hall–Kier alpha value is -3.23.